The van der Waals surface area contributed by atoms with E-state index in [1.165, 1.54) is 6.08 Å². The van der Waals surface area contributed by atoms with Gasteiger partial charge in [-0.15, -0.1) is 0 Å². The van der Waals surface area contributed by atoms with Crippen molar-refractivity contribution in [2.75, 3.05) is 7.05 Å². The first kappa shape index (κ1) is 8.19. The summed E-state index contributed by atoms with van der Waals surface area (Å²) in [4.78, 5) is 0. The van der Waals surface area contributed by atoms with E-state index in [-0.39, 0.29) is 0 Å². The number of nitriles is 1. The summed E-state index contributed by atoms with van der Waals surface area (Å²) in [6, 6.07) is 2.30. The van der Waals surface area contributed by atoms with Crippen LogP contribution in [0.15, 0.2) is 12.2 Å². The zero-order valence-corrected chi connectivity index (χ0v) is 5.89. The van der Waals surface area contributed by atoms with Crippen LogP contribution in [0.3, 0.4) is 0 Å². The predicted octanol–water partition coefficient (Wildman–Crippen LogP) is 1.06. The molecule has 0 aliphatic carbocycles. The highest BCUT2D eigenvalue weighted by atomic mass is 14.8. The summed E-state index contributed by atoms with van der Waals surface area (Å²) < 4.78 is 0. The van der Waals surface area contributed by atoms with Crippen LogP contribution in [0.1, 0.15) is 13.3 Å². The van der Waals surface area contributed by atoms with E-state index >= 15 is 0 Å². The van der Waals surface area contributed by atoms with Crippen LogP contribution in [0.2, 0.25) is 0 Å². The maximum absolute atomic E-state index is 8.14. The van der Waals surface area contributed by atoms with E-state index in [4.69, 9.17) is 5.26 Å². The molecule has 1 atom stereocenters. The van der Waals surface area contributed by atoms with E-state index in [9.17, 15) is 0 Å². The fourth-order valence-corrected chi connectivity index (χ4v) is 0.596. The number of nitrogens with zero attached hydrogens (tertiary/aromatic N) is 1. The average molecular weight is 124 g/mol. The minimum absolute atomic E-state index is 0.352. The van der Waals surface area contributed by atoms with Crippen molar-refractivity contribution in [1.82, 2.24) is 5.32 Å². The van der Waals surface area contributed by atoms with Crippen molar-refractivity contribution in [2.45, 2.75) is 19.4 Å². The number of likely N-dealkylation sites (N-methyl/N-ethyl adjacent to an activating group) is 1. The molecule has 0 amide bonds. The van der Waals surface area contributed by atoms with Gasteiger partial charge in [-0.05, 0) is 13.5 Å². The van der Waals surface area contributed by atoms with Gasteiger partial charge < -0.3 is 5.32 Å². The second-order valence-electron chi connectivity index (χ2n) is 1.79. The van der Waals surface area contributed by atoms with E-state index in [0.29, 0.717) is 6.04 Å². The minimum Gasteiger partial charge on any atom is -0.314 e. The van der Waals surface area contributed by atoms with Gasteiger partial charge in [0.25, 0.3) is 0 Å². The molecule has 0 fully saturated rings. The van der Waals surface area contributed by atoms with Crippen LogP contribution in [-0.2, 0) is 0 Å². The molecule has 0 saturated heterocycles. The number of rotatable bonds is 3. The Morgan fingerprint density at radius 2 is 2.44 bits per heavy atom. The lowest BCUT2D eigenvalue weighted by Crippen LogP contribution is -2.20. The first-order valence-corrected chi connectivity index (χ1v) is 3.08. The topological polar surface area (TPSA) is 35.8 Å². The predicted molar refractivity (Wildman–Crippen MR) is 37.9 cm³/mol. The molecule has 0 bridgehead atoms. The van der Waals surface area contributed by atoms with Crippen molar-refractivity contribution < 1.29 is 0 Å². The molecule has 0 aliphatic rings. The molecule has 0 aromatic rings. The number of allylic oxidation sites excluding steroid dienone is 1. The van der Waals surface area contributed by atoms with Crippen molar-refractivity contribution in [3.63, 3.8) is 0 Å². The molecule has 0 aromatic heterocycles. The first-order valence-electron chi connectivity index (χ1n) is 3.08. The molecule has 0 aromatic carbocycles. The lowest BCUT2D eigenvalue weighted by atomic mass is 10.2. The Morgan fingerprint density at radius 3 is 2.78 bits per heavy atom. The lowest BCUT2D eigenvalue weighted by Gasteiger charge is -2.05. The molecule has 1 N–H and O–H groups in total. The van der Waals surface area contributed by atoms with E-state index in [0.717, 1.165) is 6.42 Å². The third kappa shape index (κ3) is 3.75. The normalized spacial score (nSPS) is 13.4. The summed E-state index contributed by atoms with van der Waals surface area (Å²) in [6.45, 7) is 2.07. The van der Waals surface area contributed by atoms with Crippen molar-refractivity contribution in [3.8, 4) is 6.07 Å². The van der Waals surface area contributed by atoms with Gasteiger partial charge in [-0.3, -0.25) is 0 Å². The largest absolute Gasteiger partial charge is 0.314 e. The summed E-state index contributed by atoms with van der Waals surface area (Å²) in [5, 5.41) is 11.2. The highest BCUT2D eigenvalue weighted by molar-refractivity contribution is 5.05. The third-order valence-corrected chi connectivity index (χ3v) is 1.21. The Hall–Kier alpha value is -0.810. The molecule has 0 spiro atoms. The van der Waals surface area contributed by atoms with Gasteiger partial charge in [0.05, 0.1) is 6.07 Å². The van der Waals surface area contributed by atoms with Crippen molar-refractivity contribution in [1.29, 1.82) is 5.26 Å². The van der Waals surface area contributed by atoms with Crippen LogP contribution in [-0.4, -0.2) is 13.1 Å². The lowest BCUT2D eigenvalue weighted by molar-refractivity contribution is 0.647. The van der Waals surface area contributed by atoms with Gasteiger partial charge in [-0.1, -0.05) is 13.0 Å². The molecule has 50 valence electrons. The quantitative estimate of drug-likeness (QED) is 0.571. The van der Waals surface area contributed by atoms with Crippen LogP contribution in [0.5, 0.6) is 0 Å². The molecule has 2 heteroatoms. The Labute approximate surface area is 56.2 Å². The van der Waals surface area contributed by atoms with Crippen LogP contribution in [0.25, 0.3) is 0 Å². The van der Waals surface area contributed by atoms with Gasteiger partial charge in [0.1, 0.15) is 0 Å². The van der Waals surface area contributed by atoms with Gasteiger partial charge in [0.2, 0.25) is 0 Å². The number of hydrogen-bond donors (Lipinski definition) is 1. The van der Waals surface area contributed by atoms with Crippen molar-refractivity contribution in [3.05, 3.63) is 12.2 Å². The van der Waals surface area contributed by atoms with E-state index in [1.54, 1.807) is 0 Å². The van der Waals surface area contributed by atoms with E-state index in [1.807, 2.05) is 19.2 Å². The fraction of sp³-hybridized carbons (Fsp3) is 0.571. The zero-order chi connectivity index (χ0) is 7.11. The van der Waals surface area contributed by atoms with Crippen molar-refractivity contribution in [2.24, 2.45) is 0 Å². The summed E-state index contributed by atoms with van der Waals surface area (Å²) >= 11 is 0. The van der Waals surface area contributed by atoms with Gasteiger partial charge in [0, 0.05) is 12.1 Å². The van der Waals surface area contributed by atoms with Crippen LogP contribution in [0, 0.1) is 11.3 Å². The molecule has 0 rings (SSSR count). The van der Waals surface area contributed by atoms with Gasteiger partial charge >= 0.3 is 0 Å². The molecule has 0 aliphatic heterocycles. The Balaban J connectivity index is 3.57. The molecule has 0 radical (unpaired) electrons. The Kier molecular flexibility index (Phi) is 4.85. The maximum Gasteiger partial charge on any atom is 0.0909 e. The van der Waals surface area contributed by atoms with Gasteiger partial charge in [-0.2, -0.15) is 5.26 Å². The first-order chi connectivity index (χ1) is 4.35. The van der Waals surface area contributed by atoms with Crippen LogP contribution in [0.4, 0.5) is 0 Å². The fourth-order valence-electron chi connectivity index (χ4n) is 0.596. The molecule has 1 unspecified atom stereocenters. The molecular weight excluding hydrogens is 112 g/mol. The number of hydrogen-bond acceptors (Lipinski definition) is 2. The standard InChI is InChI=1S/C7H12N2/c1-3-7(9-2)5-4-6-8/h4-5,7,9H,3H2,1-2H3. The number of nitrogens with one attached hydrogen (secondary N) is 1. The Bertz CT molecular complexity index is 117. The van der Waals surface area contributed by atoms with Gasteiger partial charge in [0.15, 0.2) is 0 Å². The highest BCUT2D eigenvalue weighted by Crippen LogP contribution is 1.89. The smallest absolute Gasteiger partial charge is 0.0909 e. The molecule has 2 nitrogen and oxygen atoms in total. The Morgan fingerprint density at radius 1 is 1.78 bits per heavy atom. The summed E-state index contributed by atoms with van der Waals surface area (Å²) in [5.74, 6) is 0. The summed E-state index contributed by atoms with van der Waals surface area (Å²) in [6.07, 6.45) is 4.39. The van der Waals surface area contributed by atoms with E-state index in [2.05, 4.69) is 12.2 Å². The molecule has 9 heavy (non-hydrogen) atoms. The highest BCUT2D eigenvalue weighted by Gasteiger charge is 1.92. The minimum atomic E-state index is 0.352. The maximum atomic E-state index is 8.14. The molecular formula is C7H12N2. The second-order valence-corrected chi connectivity index (χ2v) is 1.79. The van der Waals surface area contributed by atoms with E-state index < -0.39 is 0 Å². The second kappa shape index (κ2) is 5.33. The molecule has 0 heterocycles. The van der Waals surface area contributed by atoms with Crippen LogP contribution >= 0.6 is 0 Å². The van der Waals surface area contributed by atoms with Crippen molar-refractivity contribution >= 4 is 0 Å². The summed E-state index contributed by atoms with van der Waals surface area (Å²) in [5.41, 5.74) is 0. The molecule has 0 saturated carbocycles. The van der Waals surface area contributed by atoms with Crippen LogP contribution < -0.4 is 5.32 Å². The van der Waals surface area contributed by atoms with Gasteiger partial charge in [-0.25, -0.2) is 0 Å². The monoisotopic (exact) mass is 124 g/mol. The summed E-state index contributed by atoms with van der Waals surface area (Å²) in [7, 11) is 1.88. The SMILES string of the molecule is CCC(C=CC#N)NC. The average Bonchev–Trinajstić information content (AvgIpc) is 1.91. The zero-order valence-electron chi connectivity index (χ0n) is 5.89. The third-order valence-electron chi connectivity index (χ3n) is 1.21.